The Hall–Kier alpha value is -1.17. The molecular formula is C11H18N2O. The summed E-state index contributed by atoms with van der Waals surface area (Å²) in [6.07, 6.45) is 7.72. The lowest BCUT2D eigenvalue weighted by atomic mass is 10.3. The van der Waals surface area contributed by atoms with Crippen LogP contribution in [0.25, 0.3) is 0 Å². The van der Waals surface area contributed by atoms with E-state index in [1.165, 1.54) is 12.8 Å². The van der Waals surface area contributed by atoms with Crippen molar-refractivity contribution in [1.82, 2.24) is 9.80 Å². The summed E-state index contributed by atoms with van der Waals surface area (Å²) in [5, 5.41) is 0. The summed E-state index contributed by atoms with van der Waals surface area (Å²) < 4.78 is 0. The first-order valence-corrected chi connectivity index (χ1v) is 5.12. The Morgan fingerprint density at radius 1 is 1.57 bits per heavy atom. The van der Waals surface area contributed by atoms with Crippen LogP contribution in [0.5, 0.6) is 0 Å². The van der Waals surface area contributed by atoms with Crippen molar-refractivity contribution < 1.29 is 4.79 Å². The second kappa shape index (κ2) is 4.90. The summed E-state index contributed by atoms with van der Waals surface area (Å²) in [7, 11) is 1.80. The van der Waals surface area contributed by atoms with Crippen LogP contribution in [0.4, 0.5) is 4.79 Å². The molecule has 3 heteroatoms. The standard InChI is InChI=1S/C11H18N2O/c1-4-8-13(9-10-6-7-10)11(14)12(3)5-2/h1,10H,5-9H2,2-3H3. The minimum atomic E-state index is 0.0531. The molecule has 0 aromatic heterocycles. The van der Waals surface area contributed by atoms with Gasteiger partial charge in [-0.1, -0.05) is 5.92 Å². The number of nitrogens with zero attached hydrogens (tertiary/aromatic N) is 2. The highest BCUT2D eigenvalue weighted by Gasteiger charge is 2.27. The van der Waals surface area contributed by atoms with Crippen LogP contribution in [0, 0.1) is 18.3 Å². The number of urea groups is 1. The predicted molar refractivity (Wildman–Crippen MR) is 56.8 cm³/mol. The largest absolute Gasteiger partial charge is 0.328 e. The van der Waals surface area contributed by atoms with Gasteiger partial charge in [-0.15, -0.1) is 6.42 Å². The van der Waals surface area contributed by atoms with Crippen LogP contribution in [0.3, 0.4) is 0 Å². The molecular weight excluding hydrogens is 176 g/mol. The summed E-state index contributed by atoms with van der Waals surface area (Å²) in [5.41, 5.74) is 0. The Bertz CT molecular complexity index is 240. The molecule has 78 valence electrons. The number of hydrogen-bond donors (Lipinski definition) is 0. The van der Waals surface area contributed by atoms with E-state index < -0.39 is 0 Å². The van der Waals surface area contributed by atoms with Crippen molar-refractivity contribution in [3.8, 4) is 12.3 Å². The minimum absolute atomic E-state index is 0.0531. The molecule has 0 bridgehead atoms. The molecule has 3 nitrogen and oxygen atoms in total. The Kier molecular flexibility index (Phi) is 3.82. The van der Waals surface area contributed by atoms with Gasteiger partial charge in [0.2, 0.25) is 0 Å². The third-order valence-corrected chi connectivity index (χ3v) is 2.53. The predicted octanol–water partition coefficient (Wildman–Crippen LogP) is 1.40. The van der Waals surface area contributed by atoms with Gasteiger partial charge < -0.3 is 9.80 Å². The monoisotopic (exact) mass is 194 g/mol. The summed E-state index contributed by atoms with van der Waals surface area (Å²) in [5.74, 6) is 3.23. The molecule has 1 rings (SSSR count). The van der Waals surface area contributed by atoms with E-state index in [4.69, 9.17) is 6.42 Å². The van der Waals surface area contributed by atoms with Gasteiger partial charge in [-0.2, -0.15) is 0 Å². The van der Waals surface area contributed by atoms with E-state index in [-0.39, 0.29) is 6.03 Å². The third kappa shape index (κ3) is 2.95. The molecule has 14 heavy (non-hydrogen) atoms. The molecule has 2 amide bonds. The zero-order chi connectivity index (χ0) is 10.6. The van der Waals surface area contributed by atoms with E-state index >= 15 is 0 Å². The second-order valence-corrected chi connectivity index (χ2v) is 3.82. The van der Waals surface area contributed by atoms with Crippen LogP contribution >= 0.6 is 0 Å². The van der Waals surface area contributed by atoms with Crippen LogP contribution in [-0.2, 0) is 0 Å². The van der Waals surface area contributed by atoms with Gasteiger partial charge in [0.1, 0.15) is 0 Å². The molecule has 1 aliphatic carbocycles. The molecule has 1 aliphatic rings. The molecule has 0 aromatic rings. The van der Waals surface area contributed by atoms with Gasteiger partial charge in [0.25, 0.3) is 0 Å². The summed E-state index contributed by atoms with van der Waals surface area (Å²) >= 11 is 0. The molecule has 0 spiro atoms. The molecule has 0 radical (unpaired) electrons. The maximum atomic E-state index is 11.8. The molecule has 0 N–H and O–H groups in total. The third-order valence-electron chi connectivity index (χ3n) is 2.53. The van der Waals surface area contributed by atoms with Crippen molar-refractivity contribution in [1.29, 1.82) is 0 Å². The Balaban J connectivity index is 2.47. The first-order valence-electron chi connectivity index (χ1n) is 5.12. The van der Waals surface area contributed by atoms with Crippen LogP contribution in [0.2, 0.25) is 0 Å². The fourth-order valence-corrected chi connectivity index (χ4v) is 1.31. The van der Waals surface area contributed by atoms with Gasteiger partial charge in [-0.25, -0.2) is 4.79 Å². The van der Waals surface area contributed by atoms with Gasteiger partial charge in [0.05, 0.1) is 6.54 Å². The highest BCUT2D eigenvalue weighted by atomic mass is 16.2. The maximum absolute atomic E-state index is 11.8. The van der Waals surface area contributed by atoms with Crippen LogP contribution in [0.15, 0.2) is 0 Å². The number of terminal acetylenes is 1. The van der Waals surface area contributed by atoms with Crippen molar-refractivity contribution in [2.24, 2.45) is 5.92 Å². The average molecular weight is 194 g/mol. The highest BCUT2D eigenvalue weighted by molar-refractivity contribution is 5.74. The molecule has 0 heterocycles. The molecule has 0 aromatic carbocycles. The van der Waals surface area contributed by atoms with E-state index in [9.17, 15) is 4.79 Å². The Morgan fingerprint density at radius 2 is 2.21 bits per heavy atom. The maximum Gasteiger partial charge on any atom is 0.320 e. The van der Waals surface area contributed by atoms with Crippen molar-refractivity contribution in [2.75, 3.05) is 26.7 Å². The zero-order valence-electron chi connectivity index (χ0n) is 8.99. The molecule has 0 saturated heterocycles. The number of carbonyl (C=O) groups is 1. The normalized spacial score (nSPS) is 14.6. The van der Waals surface area contributed by atoms with E-state index in [1.54, 1.807) is 16.8 Å². The van der Waals surface area contributed by atoms with Gasteiger partial charge in [0, 0.05) is 20.1 Å². The van der Waals surface area contributed by atoms with Crippen molar-refractivity contribution in [2.45, 2.75) is 19.8 Å². The first kappa shape index (κ1) is 10.9. The molecule has 1 saturated carbocycles. The lowest BCUT2D eigenvalue weighted by molar-refractivity contribution is 0.168. The molecule has 0 unspecified atom stereocenters. The zero-order valence-corrected chi connectivity index (χ0v) is 8.99. The van der Waals surface area contributed by atoms with Crippen LogP contribution in [-0.4, -0.2) is 42.5 Å². The molecule has 0 atom stereocenters. The summed E-state index contributed by atoms with van der Waals surface area (Å²) in [4.78, 5) is 15.2. The fourth-order valence-electron chi connectivity index (χ4n) is 1.31. The van der Waals surface area contributed by atoms with Crippen LogP contribution < -0.4 is 0 Å². The van der Waals surface area contributed by atoms with E-state index in [0.717, 1.165) is 13.1 Å². The number of carbonyl (C=O) groups excluding carboxylic acids is 1. The van der Waals surface area contributed by atoms with Gasteiger partial charge >= 0.3 is 6.03 Å². The van der Waals surface area contributed by atoms with Gasteiger partial charge in [-0.05, 0) is 25.7 Å². The summed E-state index contributed by atoms with van der Waals surface area (Å²) in [6.45, 7) is 3.95. The molecule has 1 fully saturated rings. The molecule has 0 aliphatic heterocycles. The Labute approximate surface area is 86.1 Å². The minimum Gasteiger partial charge on any atom is -0.328 e. The number of amides is 2. The topological polar surface area (TPSA) is 23.6 Å². The highest BCUT2D eigenvalue weighted by Crippen LogP contribution is 2.29. The van der Waals surface area contributed by atoms with Crippen molar-refractivity contribution in [3.05, 3.63) is 0 Å². The Morgan fingerprint density at radius 3 is 2.64 bits per heavy atom. The van der Waals surface area contributed by atoms with E-state index in [0.29, 0.717) is 12.5 Å². The summed E-state index contributed by atoms with van der Waals surface area (Å²) in [6, 6.07) is 0.0531. The quantitative estimate of drug-likeness (QED) is 0.621. The smallest absolute Gasteiger partial charge is 0.320 e. The van der Waals surface area contributed by atoms with Crippen molar-refractivity contribution >= 4 is 6.03 Å². The van der Waals surface area contributed by atoms with Gasteiger partial charge in [0.15, 0.2) is 0 Å². The van der Waals surface area contributed by atoms with E-state index in [2.05, 4.69) is 5.92 Å². The number of rotatable bonds is 4. The lowest BCUT2D eigenvalue weighted by Gasteiger charge is -2.25. The second-order valence-electron chi connectivity index (χ2n) is 3.82. The van der Waals surface area contributed by atoms with Crippen molar-refractivity contribution in [3.63, 3.8) is 0 Å². The van der Waals surface area contributed by atoms with E-state index in [1.807, 2.05) is 6.92 Å². The SMILES string of the molecule is C#CCN(CC1CC1)C(=O)N(C)CC. The average Bonchev–Trinajstić information content (AvgIpc) is 2.98. The lowest BCUT2D eigenvalue weighted by Crippen LogP contribution is -2.42. The van der Waals surface area contributed by atoms with Crippen LogP contribution in [0.1, 0.15) is 19.8 Å². The number of hydrogen-bond acceptors (Lipinski definition) is 1. The van der Waals surface area contributed by atoms with Gasteiger partial charge in [-0.3, -0.25) is 0 Å². The fraction of sp³-hybridized carbons (Fsp3) is 0.727. The first-order chi connectivity index (χ1) is 6.69.